The Bertz CT molecular complexity index is 1800. The van der Waals surface area contributed by atoms with Gasteiger partial charge in [0.05, 0.1) is 19.1 Å². The molecule has 0 saturated heterocycles. The van der Waals surface area contributed by atoms with Gasteiger partial charge in [0.2, 0.25) is 0 Å². The van der Waals surface area contributed by atoms with E-state index in [1.54, 1.807) is 13.8 Å². The molecule has 0 fully saturated rings. The van der Waals surface area contributed by atoms with Gasteiger partial charge >= 0.3 is 11.9 Å². The van der Waals surface area contributed by atoms with Crippen LogP contribution < -0.4 is 0 Å². The van der Waals surface area contributed by atoms with Crippen LogP contribution in [0.3, 0.4) is 0 Å². The largest absolute Gasteiger partial charge is 0.463 e. The van der Waals surface area contributed by atoms with E-state index < -0.39 is 17.9 Å². The van der Waals surface area contributed by atoms with Crippen LogP contribution in [0.2, 0.25) is 0 Å². The lowest BCUT2D eigenvalue weighted by atomic mass is 9.87. The van der Waals surface area contributed by atoms with E-state index >= 15 is 0 Å². The van der Waals surface area contributed by atoms with Gasteiger partial charge in [0.15, 0.2) is 0 Å². The Hall–Kier alpha value is -5.28. The van der Waals surface area contributed by atoms with E-state index in [9.17, 15) is 9.59 Å². The lowest BCUT2D eigenvalue weighted by Crippen LogP contribution is -2.06. The highest BCUT2D eigenvalue weighted by Gasteiger charge is 2.28. The Morgan fingerprint density at radius 1 is 0.698 bits per heavy atom. The lowest BCUT2D eigenvalue weighted by Gasteiger charge is -2.15. The van der Waals surface area contributed by atoms with Gasteiger partial charge in [-0.25, -0.2) is 9.59 Å². The fourth-order valence-electron chi connectivity index (χ4n) is 5.53. The molecule has 0 aliphatic carbocycles. The molecule has 216 valence electrons. The van der Waals surface area contributed by atoms with Crippen LogP contribution in [0.25, 0.3) is 34.0 Å². The molecule has 0 amide bonds. The summed E-state index contributed by atoms with van der Waals surface area (Å²) in [7, 11) is 3.98. The molecule has 0 atom stereocenters. The van der Waals surface area contributed by atoms with Crippen molar-refractivity contribution < 1.29 is 19.1 Å². The molecule has 43 heavy (non-hydrogen) atoms. The van der Waals surface area contributed by atoms with Crippen molar-refractivity contribution in [2.75, 3.05) is 13.2 Å². The van der Waals surface area contributed by atoms with Crippen LogP contribution in [0.5, 0.6) is 0 Å². The minimum Gasteiger partial charge on any atom is -0.463 e. The fraction of sp³-hybridized carbons (Fsp3) is 0.189. The number of esters is 2. The molecule has 5 aromatic rings. The van der Waals surface area contributed by atoms with Gasteiger partial charge in [-0.1, -0.05) is 66.4 Å². The third kappa shape index (κ3) is 6.02. The number of carbonyl (C=O) groups excluding carboxylic acids is 2. The normalized spacial score (nSPS) is 11.5. The van der Waals surface area contributed by atoms with Gasteiger partial charge < -0.3 is 18.6 Å². The third-order valence-electron chi connectivity index (χ3n) is 7.43. The van der Waals surface area contributed by atoms with Crippen LogP contribution in [0.1, 0.15) is 47.8 Å². The van der Waals surface area contributed by atoms with Gasteiger partial charge in [0.1, 0.15) is 0 Å². The molecule has 6 heteroatoms. The molecule has 2 heterocycles. The first-order chi connectivity index (χ1) is 20.9. The Kier molecular flexibility index (Phi) is 8.93. The molecule has 2 aromatic heterocycles. The van der Waals surface area contributed by atoms with E-state index in [-0.39, 0.29) is 0 Å². The number of aryl methyl sites for hydroxylation is 2. The zero-order valence-electron chi connectivity index (χ0n) is 24.8. The summed E-state index contributed by atoms with van der Waals surface area (Å²) < 4.78 is 14.6. The fourth-order valence-corrected chi connectivity index (χ4v) is 5.53. The highest BCUT2D eigenvalue weighted by Crippen LogP contribution is 2.41. The van der Waals surface area contributed by atoms with Crippen LogP contribution >= 0.6 is 0 Å². The zero-order valence-corrected chi connectivity index (χ0v) is 24.8. The van der Waals surface area contributed by atoms with Gasteiger partial charge in [-0.2, -0.15) is 0 Å². The smallest absolute Gasteiger partial charge is 0.330 e. The van der Waals surface area contributed by atoms with Crippen molar-refractivity contribution in [3.05, 3.63) is 119 Å². The SMILES string of the molecule is CCOC(=O)/C=C/c1c(C(C#Cc2ccccc2)c2c(/C=C/C(=O)OCC)n(C)c3ccccc23)c2ccccc2n1C. The maximum atomic E-state index is 12.4. The first-order valence-electron chi connectivity index (χ1n) is 14.3. The topological polar surface area (TPSA) is 62.5 Å². The van der Waals surface area contributed by atoms with Crippen LogP contribution in [0.4, 0.5) is 0 Å². The molecule has 0 bridgehead atoms. The van der Waals surface area contributed by atoms with Crippen molar-refractivity contribution in [2.24, 2.45) is 14.1 Å². The molecule has 0 aliphatic heterocycles. The molecule has 0 aliphatic rings. The summed E-state index contributed by atoms with van der Waals surface area (Å²) in [6, 6.07) is 26.2. The first-order valence-corrected chi connectivity index (χ1v) is 14.3. The molecule has 5 rings (SSSR count). The van der Waals surface area contributed by atoms with Gasteiger partial charge in [-0.3, -0.25) is 0 Å². The number of para-hydroxylation sites is 2. The Morgan fingerprint density at radius 2 is 1.14 bits per heavy atom. The van der Waals surface area contributed by atoms with Crippen molar-refractivity contribution >= 4 is 45.9 Å². The zero-order chi connectivity index (χ0) is 30.3. The summed E-state index contributed by atoms with van der Waals surface area (Å²) in [5.74, 6) is 5.78. The van der Waals surface area contributed by atoms with Crippen molar-refractivity contribution in [2.45, 2.75) is 19.8 Å². The maximum Gasteiger partial charge on any atom is 0.330 e. The van der Waals surface area contributed by atoms with Crippen molar-refractivity contribution in [3.63, 3.8) is 0 Å². The minimum absolute atomic E-state index is 0.294. The minimum atomic E-state index is -0.430. The van der Waals surface area contributed by atoms with E-state index in [0.29, 0.717) is 13.2 Å². The summed E-state index contributed by atoms with van der Waals surface area (Å²) in [5, 5.41) is 2.04. The number of rotatable bonds is 8. The number of fused-ring (bicyclic) bond motifs is 2. The summed E-state index contributed by atoms with van der Waals surface area (Å²) in [5.41, 5.74) is 6.52. The highest BCUT2D eigenvalue weighted by atomic mass is 16.5. The van der Waals surface area contributed by atoms with Crippen molar-refractivity contribution in [1.82, 2.24) is 9.13 Å². The van der Waals surface area contributed by atoms with Crippen molar-refractivity contribution in [1.29, 1.82) is 0 Å². The molecule has 0 spiro atoms. The number of nitrogens with zero attached hydrogens (tertiary/aromatic N) is 2. The van der Waals surface area contributed by atoms with E-state index in [4.69, 9.17) is 9.47 Å². The Morgan fingerprint density at radius 3 is 1.60 bits per heavy atom. The average Bonchev–Trinajstić information content (AvgIpc) is 3.46. The Balaban J connectivity index is 1.85. The maximum absolute atomic E-state index is 12.4. The second kappa shape index (κ2) is 13.1. The average molecular weight is 571 g/mol. The molecule has 0 saturated carbocycles. The number of hydrogen-bond acceptors (Lipinski definition) is 4. The number of benzene rings is 3. The predicted octanol–water partition coefficient (Wildman–Crippen LogP) is 7.01. The van der Waals surface area contributed by atoms with Crippen LogP contribution in [-0.4, -0.2) is 34.3 Å². The monoisotopic (exact) mass is 570 g/mol. The first kappa shape index (κ1) is 29.2. The summed E-state index contributed by atoms with van der Waals surface area (Å²) in [4.78, 5) is 24.9. The summed E-state index contributed by atoms with van der Waals surface area (Å²) in [6.07, 6.45) is 6.55. The second-order valence-corrected chi connectivity index (χ2v) is 9.99. The van der Waals surface area contributed by atoms with E-state index in [0.717, 1.165) is 49.9 Å². The van der Waals surface area contributed by atoms with Gasteiger partial charge in [-0.15, -0.1) is 0 Å². The van der Waals surface area contributed by atoms with Gasteiger partial charge in [0, 0.05) is 76.1 Å². The summed E-state index contributed by atoms with van der Waals surface area (Å²) >= 11 is 0. The quantitative estimate of drug-likeness (QED) is 0.114. The Labute approximate surface area is 251 Å². The van der Waals surface area contributed by atoms with Gasteiger partial charge in [-0.05, 0) is 50.3 Å². The van der Waals surface area contributed by atoms with Crippen LogP contribution in [-0.2, 0) is 33.2 Å². The number of carbonyl (C=O) groups is 2. The number of ether oxygens (including phenoxy) is 2. The van der Waals surface area contributed by atoms with E-state index in [1.165, 1.54) is 12.2 Å². The summed E-state index contributed by atoms with van der Waals surface area (Å²) in [6.45, 7) is 4.16. The lowest BCUT2D eigenvalue weighted by molar-refractivity contribution is -0.138. The predicted molar refractivity (Wildman–Crippen MR) is 172 cm³/mol. The molecule has 0 N–H and O–H groups in total. The standard InChI is InChI=1S/C37H34N2O4/c1-5-42-34(40)24-22-32-36(27-16-10-12-18-30(27)38(32)3)29(21-20-26-14-8-7-9-15-26)37-28-17-11-13-19-31(28)39(4)33(37)23-25-35(41)43-6-2/h7-19,22-25,29H,5-6H2,1-4H3/b24-22+,25-23+. The van der Waals surface area contributed by atoms with E-state index in [2.05, 4.69) is 45.2 Å². The van der Waals surface area contributed by atoms with Crippen LogP contribution in [0, 0.1) is 11.8 Å². The molecule has 6 nitrogen and oxygen atoms in total. The highest BCUT2D eigenvalue weighted by molar-refractivity contribution is 5.97. The molecule has 3 aromatic carbocycles. The van der Waals surface area contributed by atoms with Gasteiger partial charge in [0.25, 0.3) is 0 Å². The van der Waals surface area contributed by atoms with E-state index in [1.807, 2.05) is 80.8 Å². The number of hydrogen-bond donors (Lipinski definition) is 0. The molecule has 0 unspecified atom stereocenters. The molecular formula is C37H34N2O4. The molecule has 0 radical (unpaired) electrons. The second-order valence-electron chi connectivity index (χ2n) is 9.99. The molecular weight excluding hydrogens is 536 g/mol. The van der Waals surface area contributed by atoms with Crippen LogP contribution in [0.15, 0.2) is 91.0 Å². The van der Waals surface area contributed by atoms with Crippen molar-refractivity contribution in [3.8, 4) is 11.8 Å². The third-order valence-corrected chi connectivity index (χ3v) is 7.43. The number of aromatic nitrogens is 2.